The van der Waals surface area contributed by atoms with Crippen molar-refractivity contribution in [3.8, 4) is 0 Å². The molecule has 218 valence electrons. The van der Waals surface area contributed by atoms with E-state index in [0.29, 0.717) is 24.5 Å². The third-order valence-electron chi connectivity index (χ3n) is 5.78. The average molecular weight is 559 g/mol. The molecule has 0 aliphatic carbocycles. The minimum Gasteiger partial charge on any atom is -0.366 e. The second-order valence-corrected chi connectivity index (χ2v) is 9.40. The van der Waals surface area contributed by atoms with Gasteiger partial charge in [0.1, 0.15) is 11.6 Å². The van der Waals surface area contributed by atoms with E-state index in [1.807, 2.05) is 0 Å². The molecule has 3 N–H and O–H groups in total. The Morgan fingerprint density at radius 3 is 1.95 bits per heavy atom. The molecular formula is C34H43FN4O2. The number of benzene rings is 1. The first kappa shape index (κ1) is 32.9. The Hall–Kier alpha value is -4.26. The molecule has 7 heteroatoms. The smallest absolute Gasteiger partial charge is 0.224 e. The van der Waals surface area contributed by atoms with Crippen molar-refractivity contribution in [2.45, 2.75) is 71.8 Å². The molecule has 1 aromatic carbocycles. The minimum atomic E-state index is -0.294. The van der Waals surface area contributed by atoms with Crippen molar-refractivity contribution in [2.75, 3.05) is 16.0 Å². The molecule has 1 aromatic heterocycles. The number of allylic oxidation sites excluding steroid dienone is 10. The van der Waals surface area contributed by atoms with Crippen LogP contribution in [0.3, 0.4) is 0 Å². The Morgan fingerprint density at radius 1 is 0.780 bits per heavy atom. The van der Waals surface area contributed by atoms with Crippen molar-refractivity contribution >= 4 is 29.1 Å². The van der Waals surface area contributed by atoms with Crippen molar-refractivity contribution in [2.24, 2.45) is 0 Å². The Bertz CT molecular complexity index is 1210. The number of hydrogen-bond acceptors (Lipinski definition) is 4. The van der Waals surface area contributed by atoms with Crippen molar-refractivity contribution in [1.82, 2.24) is 4.98 Å². The lowest BCUT2D eigenvalue weighted by Crippen LogP contribution is -2.16. The van der Waals surface area contributed by atoms with Gasteiger partial charge in [-0.3, -0.25) is 9.59 Å². The van der Waals surface area contributed by atoms with Gasteiger partial charge in [0, 0.05) is 19.9 Å². The summed E-state index contributed by atoms with van der Waals surface area (Å²) in [6.45, 7) is 3.96. The molecule has 0 unspecified atom stereocenters. The summed E-state index contributed by atoms with van der Waals surface area (Å²) in [6.07, 6.45) is 28.4. The number of halogens is 1. The van der Waals surface area contributed by atoms with Crippen LogP contribution in [0.5, 0.6) is 0 Å². The number of carbonyl (C=O) groups is 2. The number of aromatic nitrogens is 1. The molecule has 0 aliphatic rings. The maximum absolute atomic E-state index is 13.1. The molecule has 1 heterocycles. The number of nitrogens with zero attached hydrogens (tertiary/aromatic N) is 1. The SMILES string of the molecule is CCC=CCC=CCC=CCC=CCC=CCCCC(=O)Nc1ccc(NCc2ccc(F)cc2)nc1NC(C)=O. The Labute approximate surface area is 244 Å². The maximum atomic E-state index is 13.1. The minimum absolute atomic E-state index is 0.141. The Balaban J connectivity index is 1.67. The van der Waals surface area contributed by atoms with Crippen LogP contribution in [0.1, 0.15) is 70.8 Å². The first-order chi connectivity index (χ1) is 20.0. The fourth-order valence-electron chi connectivity index (χ4n) is 3.68. The standard InChI is InChI=1S/C34H43FN4O2/c1-3-4-5-6-7-8-9-10-11-12-13-14-15-16-17-18-19-20-33(41)38-31-25-26-32(39-34(31)37-28(2)40)36-27-29-21-23-30(35)24-22-29/h4-5,7-8,10-11,13-14,16-17,21-26H,3,6,9,12,15,18-20,27H2,1-2H3,(H,38,41)(H2,36,37,39,40). The lowest BCUT2D eigenvalue weighted by atomic mass is 10.2. The molecule has 2 aromatic rings. The summed E-state index contributed by atoms with van der Waals surface area (Å²) in [5, 5.41) is 8.66. The highest BCUT2D eigenvalue weighted by molar-refractivity contribution is 5.98. The van der Waals surface area contributed by atoms with Gasteiger partial charge in [-0.25, -0.2) is 9.37 Å². The number of amides is 2. The second kappa shape index (κ2) is 20.6. The van der Waals surface area contributed by atoms with E-state index < -0.39 is 0 Å². The van der Waals surface area contributed by atoms with Crippen molar-refractivity contribution in [3.63, 3.8) is 0 Å². The molecule has 0 spiro atoms. The number of carbonyl (C=O) groups excluding carboxylic acids is 2. The fraction of sp³-hybridized carbons (Fsp3) is 0.324. The molecule has 0 fully saturated rings. The van der Waals surface area contributed by atoms with E-state index in [-0.39, 0.29) is 23.4 Å². The van der Waals surface area contributed by atoms with Gasteiger partial charge in [-0.05, 0) is 74.8 Å². The predicted octanol–water partition coefficient (Wildman–Crippen LogP) is 8.65. The molecule has 0 aliphatic heterocycles. The zero-order valence-corrected chi connectivity index (χ0v) is 24.2. The van der Waals surface area contributed by atoms with Crippen LogP contribution in [-0.2, 0) is 16.1 Å². The number of anilines is 3. The molecule has 0 saturated heterocycles. The van der Waals surface area contributed by atoms with Gasteiger partial charge in [-0.15, -0.1) is 0 Å². The summed E-state index contributed by atoms with van der Waals surface area (Å²) in [4.78, 5) is 28.6. The molecule has 2 rings (SSSR count). The van der Waals surface area contributed by atoms with Crippen LogP contribution in [0.25, 0.3) is 0 Å². The predicted molar refractivity (Wildman–Crippen MR) is 169 cm³/mol. The third-order valence-corrected chi connectivity index (χ3v) is 5.78. The zero-order chi connectivity index (χ0) is 29.5. The zero-order valence-electron chi connectivity index (χ0n) is 24.2. The normalized spacial score (nSPS) is 11.9. The molecule has 2 amide bonds. The van der Waals surface area contributed by atoms with Gasteiger partial charge in [0.25, 0.3) is 0 Å². The molecule has 0 bridgehead atoms. The third kappa shape index (κ3) is 15.8. The van der Waals surface area contributed by atoms with E-state index >= 15 is 0 Å². The fourth-order valence-corrected chi connectivity index (χ4v) is 3.68. The van der Waals surface area contributed by atoms with Crippen LogP contribution < -0.4 is 16.0 Å². The van der Waals surface area contributed by atoms with Gasteiger partial charge >= 0.3 is 0 Å². The van der Waals surface area contributed by atoms with Crippen LogP contribution >= 0.6 is 0 Å². The van der Waals surface area contributed by atoms with Crippen LogP contribution in [0.4, 0.5) is 21.7 Å². The van der Waals surface area contributed by atoms with Gasteiger partial charge in [-0.2, -0.15) is 0 Å². The first-order valence-electron chi connectivity index (χ1n) is 14.3. The monoisotopic (exact) mass is 558 g/mol. The maximum Gasteiger partial charge on any atom is 0.224 e. The number of unbranched alkanes of at least 4 members (excludes halogenated alkanes) is 1. The number of rotatable bonds is 18. The number of nitrogens with one attached hydrogen (secondary N) is 3. The number of pyridine rings is 1. The van der Waals surface area contributed by atoms with Crippen LogP contribution in [0.2, 0.25) is 0 Å². The lowest BCUT2D eigenvalue weighted by Gasteiger charge is -2.13. The highest BCUT2D eigenvalue weighted by Crippen LogP contribution is 2.23. The average Bonchev–Trinajstić information content (AvgIpc) is 2.95. The summed E-state index contributed by atoms with van der Waals surface area (Å²) in [6, 6.07) is 9.59. The summed E-state index contributed by atoms with van der Waals surface area (Å²) in [5.41, 5.74) is 1.33. The number of hydrogen-bond donors (Lipinski definition) is 3. The second-order valence-electron chi connectivity index (χ2n) is 9.40. The van der Waals surface area contributed by atoms with Gasteiger partial charge in [-0.1, -0.05) is 79.8 Å². The van der Waals surface area contributed by atoms with E-state index in [9.17, 15) is 14.0 Å². The highest BCUT2D eigenvalue weighted by atomic mass is 19.1. The molecule has 0 radical (unpaired) electrons. The first-order valence-corrected chi connectivity index (χ1v) is 14.3. The van der Waals surface area contributed by atoms with E-state index in [1.54, 1.807) is 24.3 Å². The van der Waals surface area contributed by atoms with E-state index in [0.717, 1.165) is 50.5 Å². The molecule has 0 atom stereocenters. The Kier molecular flexibility index (Phi) is 16.6. The van der Waals surface area contributed by atoms with Crippen molar-refractivity contribution in [3.05, 3.63) is 109 Å². The van der Waals surface area contributed by atoms with Gasteiger partial charge in [0.15, 0.2) is 5.82 Å². The largest absolute Gasteiger partial charge is 0.366 e. The summed E-state index contributed by atoms with van der Waals surface area (Å²) in [7, 11) is 0. The molecular weight excluding hydrogens is 515 g/mol. The lowest BCUT2D eigenvalue weighted by molar-refractivity contribution is -0.116. The molecule has 41 heavy (non-hydrogen) atoms. The molecule has 0 saturated carbocycles. The van der Waals surface area contributed by atoms with Crippen molar-refractivity contribution < 1.29 is 14.0 Å². The topological polar surface area (TPSA) is 83.1 Å². The summed E-state index contributed by atoms with van der Waals surface area (Å²) in [5.74, 6) is 0.0693. The van der Waals surface area contributed by atoms with E-state index in [2.05, 4.69) is 88.6 Å². The van der Waals surface area contributed by atoms with Crippen molar-refractivity contribution in [1.29, 1.82) is 0 Å². The van der Waals surface area contributed by atoms with E-state index in [1.165, 1.54) is 19.1 Å². The summed E-state index contributed by atoms with van der Waals surface area (Å²) < 4.78 is 13.1. The van der Waals surface area contributed by atoms with Gasteiger partial charge < -0.3 is 16.0 Å². The highest BCUT2D eigenvalue weighted by Gasteiger charge is 2.11. The Morgan fingerprint density at radius 2 is 1.37 bits per heavy atom. The van der Waals surface area contributed by atoms with Gasteiger partial charge in [0.2, 0.25) is 11.8 Å². The van der Waals surface area contributed by atoms with Crippen LogP contribution in [-0.4, -0.2) is 16.8 Å². The van der Waals surface area contributed by atoms with Crippen LogP contribution in [0, 0.1) is 5.82 Å². The van der Waals surface area contributed by atoms with Gasteiger partial charge in [0.05, 0.1) is 5.69 Å². The molecule has 6 nitrogen and oxygen atoms in total. The van der Waals surface area contributed by atoms with Crippen LogP contribution in [0.15, 0.2) is 97.2 Å². The van der Waals surface area contributed by atoms with E-state index in [4.69, 9.17) is 0 Å². The summed E-state index contributed by atoms with van der Waals surface area (Å²) >= 11 is 0. The quantitative estimate of drug-likeness (QED) is 0.126.